The monoisotopic (exact) mass is 862 g/mol. The quantitative estimate of drug-likeness (QED) is 0.196. The van der Waals surface area contributed by atoms with Crippen molar-refractivity contribution in [2.45, 2.75) is 50.5 Å². The maximum atomic E-state index is 14.3. The molecule has 6 heterocycles. The molecular formula is C40H50N10O12. The first-order chi connectivity index (χ1) is 30.0. The summed E-state index contributed by atoms with van der Waals surface area (Å²) in [5, 5.41) is 43.3. The van der Waals surface area contributed by atoms with Gasteiger partial charge in [0.2, 0.25) is 17.2 Å². The van der Waals surface area contributed by atoms with E-state index in [2.05, 4.69) is 15.6 Å². The number of carbonyl (C=O) groups is 5. The average molecular weight is 863 g/mol. The van der Waals surface area contributed by atoms with Gasteiger partial charge in [0.25, 0.3) is 0 Å². The summed E-state index contributed by atoms with van der Waals surface area (Å²) < 4.78 is 7.16. The van der Waals surface area contributed by atoms with Crippen LogP contribution in [0.2, 0.25) is 0 Å². The van der Waals surface area contributed by atoms with Crippen LogP contribution in [-0.4, -0.2) is 195 Å². The first-order valence-corrected chi connectivity index (χ1v) is 20.7. The minimum atomic E-state index is -1.28. The van der Waals surface area contributed by atoms with Crippen LogP contribution in [0.1, 0.15) is 18.4 Å². The lowest BCUT2D eigenvalue weighted by atomic mass is 9.95. The minimum absolute atomic E-state index is 0.0137. The lowest BCUT2D eigenvalue weighted by Crippen LogP contribution is -2.50. The highest BCUT2D eigenvalue weighted by atomic mass is 17.2. The second kappa shape index (κ2) is 19.3. The topological polar surface area (TPSA) is 245 Å². The number of ether oxygens (including phenoxy) is 1. The Labute approximate surface area is 355 Å². The zero-order chi connectivity index (χ0) is 43.3. The molecule has 3 unspecified atom stereocenters. The second-order valence-corrected chi connectivity index (χ2v) is 15.9. The van der Waals surface area contributed by atoms with Crippen LogP contribution in [0.25, 0.3) is 22.5 Å². The number of aromatic nitrogens is 3. The molecule has 0 aliphatic carbocycles. The van der Waals surface area contributed by atoms with Crippen molar-refractivity contribution in [2.24, 2.45) is 0 Å². The van der Waals surface area contributed by atoms with Gasteiger partial charge in [-0.3, -0.25) is 43.7 Å². The summed E-state index contributed by atoms with van der Waals surface area (Å²) in [4.78, 5) is 90.3. The van der Waals surface area contributed by atoms with Crippen molar-refractivity contribution in [3.8, 4) is 22.5 Å². The van der Waals surface area contributed by atoms with E-state index in [1.807, 2.05) is 68.1 Å². The summed E-state index contributed by atoms with van der Waals surface area (Å²) >= 11 is 0. The van der Waals surface area contributed by atoms with Crippen molar-refractivity contribution in [1.82, 2.24) is 45.3 Å². The molecule has 8 rings (SSSR count). The Kier molecular flexibility index (Phi) is 13.5. The van der Waals surface area contributed by atoms with Crippen LogP contribution in [0.4, 0.5) is 5.69 Å². The summed E-state index contributed by atoms with van der Waals surface area (Å²) in [5.74, 6) is -2.92. The molecule has 6 atom stereocenters. The number of nitrogens with one attached hydrogen (secondary N) is 1. The summed E-state index contributed by atoms with van der Waals surface area (Å²) in [6, 6.07) is 14.8. The molecule has 4 fully saturated rings. The van der Waals surface area contributed by atoms with Gasteiger partial charge in [0, 0.05) is 82.9 Å². The number of para-hydroxylation sites is 1. The zero-order valence-corrected chi connectivity index (χ0v) is 34.0. The van der Waals surface area contributed by atoms with Gasteiger partial charge in [0.05, 0.1) is 56.8 Å². The highest BCUT2D eigenvalue weighted by molar-refractivity contribution is 6.00. The number of anilines is 1. The normalized spacial score (nSPS) is 28.4. The third-order valence-electron chi connectivity index (χ3n) is 11.5. The van der Waals surface area contributed by atoms with Crippen molar-refractivity contribution in [3.05, 3.63) is 54.1 Å². The molecule has 4 N–H and O–H groups in total. The first-order valence-electron chi connectivity index (χ1n) is 20.7. The first kappa shape index (κ1) is 43.2. The number of amides is 2. The predicted molar refractivity (Wildman–Crippen MR) is 213 cm³/mol. The number of benzene rings is 2. The van der Waals surface area contributed by atoms with E-state index in [1.54, 1.807) is 9.58 Å². The summed E-state index contributed by atoms with van der Waals surface area (Å²) in [6.07, 6.45) is -4.90. The smallest absolute Gasteiger partial charge is 0.346 e. The number of carbonyl (C=O) groups excluding carboxylic acids is 5. The van der Waals surface area contributed by atoms with Gasteiger partial charge in [0.1, 0.15) is 17.9 Å². The third-order valence-corrected chi connectivity index (χ3v) is 11.5. The number of fused-ring (bicyclic) bond motifs is 12. The Morgan fingerprint density at radius 3 is 1.97 bits per heavy atom. The van der Waals surface area contributed by atoms with Gasteiger partial charge in [-0.1, -0.05) is 47.7 Å². The Balaban J connectivity index is 0.957. The molecule has 22 heteroatoms. The molecule has 4 saturated heterocycles. The van der Waals surface area contributed by atoms with Gasteiger partial charge in [-0.2, -0.15) is 0 Å². The Morgan fingerprint density at radius 2 is 1.32 bits per heavy atom. The van der Waals surface area contributed by atoms with Crippen LogP contribution in [0.5, 0.6) is 0 Å². The second-order valence-electron chi connectivity index (χ2n) is 15.9. The Bertz CT molecular complexity index is 2100. The van der Waals surface area contributed by atoms with E-state index < -0.39 is 42.5 Å². The van der Waals surface area contributed by atoms with Crippen LogP contribution in [-0.2, 0) is 56.3 Å². The number of aliphatic hydroxyl groups excluding tert-OH is 3. The molecule has 4 bridgehead atoms. The number of aliphatic hydroxyl groups is 3. The van der Waals surface area contributed by atoms with Gasteiger partial charge >= 0.3 is 17.9 Å². The lowest BCUT2D eigenvalue weighted by molar-refractivity contribution is -0.464. The van der Waals surface area contributed by atoms with Gasteiger partial charge < -0.3 is 30.3 Å². The minimum Gasteiger partial charge on any atom is -0.390 e. The van der Waals surface area contributed by atoms with E-state index in [1.165, 1.54) is 0 Å². The largest absolute Gasteiger partial charge is 0.390 e. The molecular weight excluding hydrogens is 812 g/mol. The predicted octanol–water partition coefficient (Wildman–Crippen LogP) is -2.28. The molecule has 0 spiro atoms. The maximum absolute atomic E-state index is 14.3. The van der Waals surface area contributed by atoms with E-state index in [0.717, 1.165) is 11.1 Å². The molecule has 2 amide bonds. The van der Waals surface area contributed by atoms with Crippen LogP contribution in [0.15, 0.2) is 48.5 Å². The highest BCUT2D eigenvalue weighted by Crippen LogP contribution is 2.41. The van der Waals surface area contributed by atoms with Gasteiger partial charge in [-0.25, -0.2) is 19.1 Å². The van der Waals surface area contributed by atoms with Crippen LogP contribution < -0.4 is 10.2 Å². The molecule has 62 heavy (non-hydrogen) atoms. The van der Waals surface area contributed by atoms with E-state index in [0.29, 0.717) is 75.0 Å². The molecule has 5 aliphatic rings. The van der Waals surface area contributed by atoms with Crippen molar-refractivity contribution in [1.29, 1.82) is 0 Å². The molecule has 0 radical (unpaired) electrons. The number of nitrogens with zero attached hydrogens (tertiary/aromatic N) is 9. The van der Waals surface area contributed by atoms with Crippen LogP contribution in [0.3, 0.4) is 0 Å². The fourth-order valence-corrected chi connectivity index (χ4v) is 8.27. The third kappa shape index (κ3) is 10.3. The molecule has 2 aromatic carbocycles. The average Bonchev–Trinajstić information content (AvgIpc) is 3.62. The SMILES string of the molecule is O=C(CN1CCN2CCN3CCN(CC1)CC(=O)ON(OC(=O)C2)OC(=O)C3)NCCC(=O)N1Cc2ccccc2-c2nnn(C[C@H]3OC(O)C[C@@H](O)[C@@H]3O)c2-c2ccccc21. The molecule has 3 aromatic rings. The molecule has 1 aromatic heterocycles. The van der Waals surface area contributed by atoms with Gasteiger partial charge in [-0.05, 0) is 11.6 Å². The van der Waals surface area contributed by atoms with Gasteiger partial charge in [0.15, 0.2) is 6.29 Å². The summed E-state index contributed by atoms with van der Waals surface area (Å²) in [6.45, 7) is 2.95. The molecule has 22 nitrogen and oxygen atoms in total. The Morgan fingerprint density at radius 1 is 0.742 bits per heavy atom. The zero-order valence-electron chi connectivity index (χ0n) is 34.0. The van der Waals surface area contributed by atoms with E-state index in [4.69, 9.17) is 19.2 Å². The van der Waals surface area contributed by atoms with Crippen molar-refractivity contribution >= 4 is 35.4 Å². The Hall–Kier alpha value is -5.43. The number of hydrogen-bond donors (Lipinski definition) is 4. The van der Waals surface area contributed by atoms with Crippen LogP contribution >= 0.6 is 0 Å². The lowest BCUT2D eigenvalue weighted by Gasteiger charge is -2.35. The summed E-state index contributed by atoms with van der Waals surface area (Å²) in [5.41, 5.74) is 3.87. The van der Waals surface area contributed by atoms with E-state index in [-0.39, 0.29) is 75.9 Å². The highest BCUT2D eigenvalue weighted by Gasteiger charge is 2.38. The van der Waals surface area contributed by atoms with E-state index >= 15 is 0 Å². The maximum Gasteiger partial charge on any atom is 0.346 e. The van der Waals surface area contributed by atoms with Crippen molar-refractivity contribution in [3.63, 3.8) is 0 Å². The number of hydrogen-bond acceptors (Lipinski definition) is 19. The van der Waals surface area contributed by atoms with E-state index in [9.17, 15) is 39.3 Å². The van der Waals surface area contributed by atoms with Gasteiger partial charge in [-0.15, -0.1) is 5.10 Å². The van der Waals surface area contributed by atoms with Crippen molar-refractivity contribution < 1.29 is 58.5 Å². The van der Waals surface area contributed by atoms with Crippen molar-refractivity contribution in [2.75, 3.05) is 90.0 Å². The summed E-state index contributed by atoms with van der Waals surface area (Å²) in [7, 11) is 0. The fraction of sp³-hybridized carbons (Fsp3) is 0.525. The number of rotatable bonds is 7. The molecule has 5 aliphatic heterocycles. The molecule has 332 valence electrons. The standard InChI is InChI=1S/C40H50N10O12/c51-30-19-34(54)59-31(40(30)58)21-49-39-28-7-3-4-8-29(28)48(20-26-5-1-2-6-27(26)38(39)42-43-49)33(53)9-10-41-32(52)22-44-11-13-45-15-17-47-18-16-46(14-12-44)24-36(56)61-50(60-35(55)23-45)62-37(57)25-47/h1-8,30-31,34,40,51,54,58H,9-25H2,(H,41,52)/t30-,31-,34?,40+/m1/s1. The fourth-order valence-electron chi connectivity index (χ4n) is 8.27. The molecule has 0 saturated carbocycles. The van der Waals surface area contributed by atoms with Crippen LogP contribution in [0, 0.1) is 0 Å².